The smallest absolute Gasteiger partial charge is 1.00 e. The predicted octanol–water partition coefficient (Wildman–Crippen LogP) is 2.22. The van der Waals surface area contributed by atoms with Crippen LogP contribution in [0.5, 0.6) is 0 Å². The molecule has 0 amide bonds. The molecule has 0 saturated heterocycles. The van der Waals surface area contributed by atoms with Crippen LogP contribution >= 0.6 is 11.6 Å². The maximum Gasteiger partial charge on any atom is 2.00 e. The van der Waals surface area contributed by atoms with Crippen molar-refractivity contribution in [2.75, 3.05) is 0 Å². The first-order chi connectivity index (χ1) is 4.83. The van der Waals surface area contributed by atoms with Crippen molar-refractivity contribution in [1.29, 1.82) is 0 Å². The maximum absolute atomic E-state index is 12.2. The molecule has 0 atom stereocenters. The van der Waals surface area contributed by atoms with Gasteiger partial charge in [-0.05, 0) is 41.8 Å². The van der Waals surface area contributed by atoms with E-state index in [0.29, 0.717) is 0 Å². The van der Waals surface area contributed by atoms with E-state index in [1.54, 1.807) is 12.1 Å². The fraction of sp³-hybridized carbons (Fsp3) is 0. The average Bonchev–Trinajstić information content (AvgIpc) is 1.95. The van der Waals surface area contributed by atoms with Crippen LogP contribution < -0.4 is 0 Å². The Morgan fingerprint density at radius 3 is 2.27 bits per heavy atom. The molecule has 0 aromatic heterocycles. The zero-order chi connectivity index (χ0) is 7.40. The Labute approximate surface area is 88.9 Å². The van der Waals surface area contributed by atoms with E-state index in [1.807, 2.05) is 0 Å². The molecule has 0 saturated carbocycles. The summed E-state index contributed by atoms with van der Waals surface area (Å²) in [5, 5.41) is 2.20. The van der Waals surface area contributed by atoms with E-state index < -0.39 is 0 Å². The van der Waals surface area contributed by atoms with Gasteiger partial charge in [-0.25, -0.2) is 4.39 Å². The van der Waals surface area contributed by atoms with Crippen molar-refractivity contribution in [2.24, 2.45) is 0 Å². The third kappa shape index (κ3) is 3.61. The van der Waals surface area contributed by atoms with Crippen molar-refractivity contribution in [3.05, 3.63) is 35.6 Å². The molecule has 1 aromatic carbocycles. The fourth-order valence-electron chi connectivity index (χ4n) is 0.588. The molecule has 54 valence electrons. The summed E-state index contributed by atoms with van der Waals surface area (Å²) < 4.78 is 12.2. The molecular weight excluding hydrogens is 175 g/mol. The minimum absolute atomic E-state index is 0. The van der Waals surface area contributed by atoms with Crippen LogP contribution in [0.15, 0.2) is 24.3 Å². The van der Waals surface area contributed by atoms with Gasteiger partial charge in [0.05, 0.1) is 0 Å². The van der Waals surface area contributed by atoms with Crippen molar-refractivity contribution < 1.29 is 7.24 Å². The molecule has 0 heterocycles. The summed E-state index contributed by atoms with van der Waals surface area (Å²) in [7, 11) is 0. The van der Waals surface area contributed by atoms with Gasteiger partial charge in [-0.2, -0.15) is 0 Å². The third-order valence-electron chi connectivity index (χ3n) is 1.04. The first kappa shape index (κ1) is 10.8. The summed E-state index contributed by atoms with van der Waals surface area (Å²) in [5.41, 5.74) is 0.719. The van der Waals surface area contributed by atoms with Gasteiger partial charge in [-0.15, -0.1) is 0 Å². The maximum atomic E-state index is 12.2. The van der Waals surface area contributed by atoms with E-state index in [1.165, 1.54) is 12.1 Å². The quantitative estimate of drug-likeness (QED) is 0.425. The van der Waals surface area contributed by atoms with Crippen molar-refractivity contribution in [3.8, 4) is 11.3 Å². The summed E-state index contributed by atoms with van der Waals surface area (Å²) in [6, 6.07) is 5.84. The van der Waals surface area contributed by atoms with Crippen LogP contribution in [0.25, 0.3) is 0 Å². The van der Waals surface area contributed by atoms with Gasteiger partial charge < -0.3 is 2.85 Å². The number of benzene rings is 1. The van der Waals surface area contributed by atoms with Gasteiger partial charge in [0.2, 0.25) is 0 Å². The number of rotatable bonds is 0. The largest absolute Gasteiger partial charge is 2.00 e. The van der Waals surface area contributed by atoms with Crippen LogP contribution in [0.1, 0.15) is 8.42 Å². The van der Waals surface area contributed by atoms with Crippen molar-refractivity contribution >= 4 is 34.7 Å². The third-order valence-corrected chi connectivity index (χ3v) is 1.13. The van der Waals surface area contributed by atoms with Gasteiger partial charge in [0.15, 0.2) is 0 Å². The molecule has 1 rings (SSSR count). The standard InChI is InChI=1S/C8H4ClF.Mg.2H/c9-6-5-7-1-3-8(10)4-2-7;;;/h1-4H;;;/q;+2;2*-1. The number of hydrogen-bond acceptors (Lipinski definition) is 0. The van der Waals surface area contributed by atoms with E-state index in [9.17, 15) is 4.39 Å². The van der Waals surface area contributed by atoms with E-state index >= 15 is 0 Å². The van der Waals surface area contributed by atoms with Crippen LogP contribution in [-0.4, -0.2) is 23.1 Å². The first-order valence-corrected chi connectivity index (χ1v) is 3.08. The molecule has 0 aliphatic heterocycles. The zero-order valence-corrected chi connectivity index (χ0v) is 7.94. The predicted molar refractivity (Wildman–Crippen MR) is 47.1 cm³/mol. The Balaban J connectivity index is -0.000000333. The van der Waals surface area contributed by atoms with Crippen LogP contribution in [0.4, 0.5) is 4.39 Å². The molecule has 0 bridgehead atoms. The average molecular weight is 181 g/mol. The number of hydrogen-bond donors (Lipinski definition) is 0. The van der Waals surface area contributed by atoms with E-state index in [2.05, 4.69) is 11.3 Å². The summed E-state index contributed by atoms with van der Waals surface area (Å²) in [6.45, 7) is 0. The number of halogens is 2. The molecule has 0 aliphatic carbocycles. The van der Waals surface area contributed by atoms with Crippen LogP contribution in [0, 0.1) is 17.1 Å². The molecule has 1 aromatic rings. The Kier molecular flexibility index (Phi) is 5.31. The fourth-order valence-corrected chi connectivity index (χ4v) is 0.697. The van der Waals surface area contributed by atoms with Gasteiger partial charge >= 0.3 is 23.1 Å². The topological polar surface area (TPSA) is 0 Å². The molecule has 11 heavy (non-hydrogen) atoms. The molecule has 0 radical (unpaired) electrons. The first-order valence-electron chi connectivity index (χ1n) is 2.70. The molecular formula is C8H6ClFMg. The second-order valence-corrected chi connectivity index (χ2v) is 1.92. The zero-order valence-electron chi connectivity index (χ0n) is 7.77. The second-order valence-electron chi connectivity index (χ2n) is 1.73. The van der Waals surface area contributed by atoms with Gasteiger partial charge in [0.25, 0.3) is 0 Å². The molecule has 0 aliphatic rings. The summed E-state index contributed by atoms with van der Waals surface area (Å²) in [6.07, 6.45) is 0. The Hall–Kier alpha value is -0.234. The normalized spacial score (nSPS) is 7.45. The second kappa shape index (κ2) is 5.42. The van der Waals surface area contributed by atoms with Gasteiger partial charge in [0.1, 0.15) is 5.82 Å². The molecule has 0 fully saturated rings. The van der Waals surface area contributed by atoms with E-state index in [4.69, 9.17) is 11.6 Å². The Morgan fingerprint density at radius 1 is 1.27 bits per heavy atom. The van der Waals surface area contributed by atoms with Crippen molar-refractivity contribution in [3.63, 3.8) is 0 Å². The van der Waals surface area contributed by atoms with Gasteiger partial charge in [-0.1, -0.05) is 0 Å². The van der Waals surface area contributed by atoms with E-state index in [0.717, 1.165) is 5.56 Å². The Bertz CT molecular complexity index is 278. The molecule has 0 unspecified atom stereocenters. The van der Waals surface area contributed by atoms with Crippen LogP contribution in [-0.2, 0) is 0 Å². The Morgan fingerprint density at radius 2 is 1.82 bits per heavy atom. The summed E-state index contributed by atoms with van der Waals surface area (Å²) >= 11 is 5.12. The summed E-state index contributed by atoms with van der Waals surface area (Å²) in [5.74, 6) is 2.32. The summed E-state index contributed by atoms with van der Waals surface area (Å²) in [4.78, 5) is 0. The molecule has 3 heteroatoms. The minimum Gasteiger partial charge on any atom is -1.00 e. The van der Waals surface area contributed by atoms with Crippen molar-refractivity contribution in [2.45, 2.75) is 0 Å². The monoisotopic (exact) mass is 180 g/mol. The molecule has 0 nitrogen and oxygen atoms in total. The minimum atomic E-state index is -0.264. The molecule has 0 N–H and O–H groups in total. The van der Waals surface area contributed by atoms with Crippen LogP contribution in [0.3, 0.4) is 0 Å². The van der Waals surface area contributed by atoms with Crippen molar-refractivity contribution in [1.82, 2.24) is 0 Å². The molecule has 0 spiro atoms. The van der Waals surface area contributed by atoms with Gasteiger partial charge in [-0.3, -0.25) is 0 Å². The van der Waals surface area contributed by atoms with Crippen LogP contribution in [0.2, 0.25) is 0 Å². The van der Waals surface area contributed by atoms with Gasteiger partial charge in [0, 0.05) is 10.9 Å². The SMILES string of the molecule is Fc1ccc(C#CCl)cc1.[H-].[H-].[Mg+2]. The van der Waals surface area contributed by atoms with E-state index in [-0.39, 0.29) is 31.7 Å².